The fraction of sp³-hybridized carbons (Fsp3) is 0.150. The summed E-state index contributed by atoms with van der Waals surface area (Å²) in [6.45, 7) is 2.28. The van der Waals surface area contributed by atoms with Crippen LogP contribution in [0.2, 0.25) is 0 Å². The van der Waals surface area contributed by atoms with Gasteiger partial charge in [-0.05, 0) is 5.56 Å². The highest BCUT2D eigenvalue weighted by Gasteiger charge is 2.30. The number of nitrogens with one attached hydrogen (secondary N) is 1. The summed E-state index contributed by atoms with van der Waals surface area (Å²) in [5, 5.41) is 7.80. The average molecular weight is 286 g/mol. The molecule has 1 unspecified atom stereocenters. The zero-order chi connectivity index (χ0) is 15.0. The van der Waals surface area contributed by atoms with Crippen LogP contribution in [0.25, 0.3) is 17.3 Å². The highest BCUT2D eigenvalue weighted by molar-refractivity contribution is 5.75. The van der Waals surface area contributed by atoms with Gasteiger partial charge >= 0.3 is 0 Å². The summed E-state index contributed by atoms with van der Waals surface area (Å²) in [4.78, 5) is 0. The van der Waals surface area contributed by atoms with E-state index in [2.05, 4.69) is 83.9 Å². The summed E-state index contributed by atoms with van der Waals surface area (Å²) < 4.78 is 0. The molecule has 1 N–H and O–H groups in total. The predicted molar refractivity (Wildman–Crippen MR) is 90.6 cm³/mol. The van der Waals surface area contributed by atoms with Crippen molar-refractivity contribution in [2.24, 2.45) is 0 Å². The van der Waals surface area contributed by atoms with Crippen LogP contribution in [-0.2, 0) is 11.8 Å². The first-order chi connectivity index (χ1) is 10.8. The smallest absolute Gasteiger partial charge is 0.0995 e. The first-order valence-electron chi connectivity index (χ1n) is 7.64. The van der Waals surface area contributed by atoms with Gasteiger partial charge in [0.25, 0.3) is 0 Å². The molecule has 1 heterocycles. The predicted octanol–water partition coefficient (Wildman–Crippen LogP) is 4.60. The summed E-state index contributed by atoms with van der Waals surface area (Å²) in [7, 11) is 0. The molecule has 0 aliphatic heterocycles. The van der Waals surface area contributed by atoms with Crippen molar-refractivity contribution in [3.05, 3.63) is 83.6 Å². The molecular formula is C20H18N2. The van der Waals surface area contributed by atoms with Crippen molar-refractivity contribution < 1.29 is 0 Å². The monoisotopic (exact) mass is 286 g/mol. The number of nitrogens with zero attached hydrogens (tertiary/aromatic N) is 1. The zero-order valence-corrected chi connectivity index (χ0v) is 12.6. The highest BCUT2D eigenvalue weighted by atomic mass is 15.1. The summed E-state index contributed by atoms with van der Waals surface area (Å²) in [6.07, 6.45) is 5.48. The van der Waals surface area contributed by atoms with Crippen LogP contribution in [-0.4, -0.2) is 10.2 Å². The Bertz CT molecular complexity index is 815. The lowest BCUT2D eigenvalue weighted by Gasteiger charge is -2.29. The minimum absolute atomic E-state index is 0.0226. The third-order valence-corrected chi connectivity index (χ3v) is 4.53. The minimum Gasteiger partial charge on any atom is -0.281 e. The van der Waals surface area contributed by atoms with Crippen LogP contribution in [0, 0.1) is 0 Å². The lowest BCUT2D eigenvalue weighted by atomic mass is 9.74. The molecule has 0 fully saturated rings. The maximum absolute atomic E-state index is 4.55. The van der Waals surface area contributed by atoms with E-state index in [4.69, 9.17) is 0 Å². The van der Waals surface area contributed by atoms with Crippen LogP contribution in [0.4, 0.5) is 0 Å². The number of aromatic amines is 1. The number of rotatable bonds is 2. The van der Waals surface area contributed by atoms with Crippen molar-refractivity contribution in [2.75, 3.05) is 0 Å². The number of aromatic nitrogens is 2. The van der Waals surface area contributed by atoms with E-state index in [0.29, 0.717) is 0 Å². The zero-order valence-electron chi connectivity index (χ0n) is 12.6. The Hall–Kier alpha value is -2.61. The van der Waals surface area contributed by atoms with Gasteiger partial charge in [-0.15, -0.1) is 0 Å². The topological polar surface area (TPSA) is 28.7 Å². The normalized spacial score (nSPS) is 19.9. The summed E-state index contributed by atoms with van der Waals surface area (Å²) in [6, 6.07) is 21.0. The maximum Gasteiger partial charge on any atom is 0.0995 e. The molecule has 0 amide bonds. The molecule has 0 spiro atoms. The van der Waals surface area contributed by atoms with E-state index in [1.807, 2.05) is 6.07 Å². The van der Waals surface area contributed by atoms with Crippen molar-refractivity contribution in [1.82, 2.24) is 10.2 Å². The molecule has 108 valence electrons. The van der Waals surface area contributed by atoms with Crippen molar-refractivity contribution in [2.45, 2.75) is 18.8 Å². The van der Waals surface area contributed by atoms with Gasteiger partial charge in [-0.25, -0.2) is 0 Å². The molecule has 0 bridgehead atoms. The Morgan fingerprint density at radius 3 is 2.36 bits per heavy atom. The highest BCUT2D eigenvalue weighted by Crippen LogP contribution is 2.37. The molecule has 1 aliphatic carbocycles. The van der Waals surface area contributed by atoms with Crippen molar-refractivity contribution in [3.8, 4) is 11.3 Å². The Labute approximate surface area is 130 Å². The first kappa shape index (κ1) is 13.1. The number of H-pyrrole nitrogens is 1. The minimum atomic E-state index is 0.0226. The van der Waals surface area contributed by atoms with Crippen molar-refractivity contribution in [1.29, 1.82) is 0 Å². The molecule has 1 atom stereocenters. The third-order valence-electron chi connectivity index (χ3n) is 4.53. The van der Waals surface area contributed by atoms with Gasteiger partial charge in [0.2, 0.25) is 0 Å². The molecule has 0 radical (unpaired) electrons. The van der Waals surface area contributed by atoms with Crippen LogP contribution in [0.3, 0.4) is 0 Å². The molecule has 0 saturated carbocycles. The van der Waals surface area contributed by atoms with E-state index in [9.17, 15) is 0 Å². The number of benzene rings is 2. The third kappa shape index (κ3) is 2.08. The van der Waals surface area contributed by atoms with E-state index in [0.717, 1.165) is 17.7 Å². The van der Waals surface area contributed by atoms with Crippen LogP contribution >= 0.6 is 0 Å². The molecule has 2 nitrogen and oxygen atoms in total. The van der Waals surface area contributed by atoms with Gasteiger partial charge in [0.15, 0.2) is 0 Å². The number of fused-ring (bicyclic) bond motifs is 1. The molecular weight excluding hydrogens is 268 g/mol. The average Bonchev–Trinajstić information content (AvgIpc) is 2.99. The van der Waals surface area contributed by atoms with Gasteiger partial charge in [-0.3, -0.25) is 5.10 Å². The summed E-state index contributed by atoms with van der Waals surface area (Å²) in [5.41, 5.74) is 6.00. The molecule has 22 heavy (non-hydrogen) atoms. The standard InChI is InChI=1S/C20H18N2/c1-20(16-10-6-3-7-11-16)13-12-17-18(14-20)21-22-19(17)15-8-4-2-5-9-15/h2-13H,14H2,1H3,(H,21,22). The molecule has 1 aliphatic rings. The fourth-order valence-corrected chi connectivity index (χ4v) is 3.23. The fourth-order valence-electron chi connectivity index (χ4n) is 3.23. The maximum atomic E-state index is 4.55. The lowest BCUT2D eigenvalue weighted by molar-refractivity contribution is 0.577. The van der Waals surface area contributed by atoms with E-state index in [1.165, 1.54) is 16.8 Å². The van der Waals surface area contributed by atoms with Gasteiger partial charge in [0.05, 0.1) is 5.69 Å². The SMILES string of the molecule is CC1(c2ccccc2)C=Cc2c(-c3ccccc3)n[nH]c2C1. The van der Waals surface area contributed by atoms with E-state index in [-0.39, 0.29) is 5.41 Å². The van der Waals surface area contributed by atoms with E-state index in [1.54, 1.807) is 0 Å². The molecule has 0 saturated heterocycles. The summed E-state index contributed by atoms with van der Waals surface area (Å²) >= 11 is 0. The first-order valence-corrected chi connectivity index (χ1v) is 7.64. The molecule has 3 aromatic rings. The Kier molecular flexibility index (Phi) is 2.97. The number of hydrogen-bond donors (Lipinski definition) is 1. The van der Waals surface area contributed by atoms with Crippen LogP contribution in [0.15, 0.2) is 66.7 Å². The van der Waals surface area contributed by atoms with E-state index < -0.39 is 0 Å². The van der Waals surface area contributed by atoms with Gasteiger partial charge in [-0.1, -0.05) is 79.7 Å². The number of hydrogen-bond acceptors (Lipinski definition) is 1. The Morgan fingerprint density at radius 2 is 1.64 bits per heavy atom. The second-order valence-electron chi connectivity index (χ2n) is 6.12. The Balaban J connectivity index is 1.75. The lowest BCUT2D eigenvalue weighted by Crippen LogP contribution is -2.25. The quantitative estimate of drug-likeness (QED) is 0.732. The molecule has 2 aromatic carbocycles. The molecule has 2 heteroatoms. The molecule has 1 aromatic heterocycles. The largest absolute Gasteiger partial charge is 0.281 e. The van der Waals surface area contributed by atoms with E-state index >= 15 is 0 Å². The summed E-state index contributed by atoms with van der Waals surface area (Å²) in [5.74, 6) is 0. The van der Waals surface area contributed by atoms with Crippen molar-refractivity contribution in [3.63, 3.8) is 0 Å². The van der Waals surface area contributed by atoms with Gasteiger partial charge < -0.3 is 0 Å². The second-order valence-corrected chi connectivity index (χ2v) is 6.12. The van der Waals surface area contributed by atoms with Crippen LogP contribution < -0.4 is 0 Å². The Morgan fingerprint density at radius 1 is 0.955 bits per heavy atom. The second kappa shape index (κ2) is 4.99. The van der Waals surface area contributed by atoms with Crippen molar-refractivity contribution >= 4 is 6.08 Å². The van der Waals surface area contributed by atoms with Crippen LogP contribution in [0.5, 0.6) is 0 Å². The number of allylic oxidation sites excluding steroid dienone is 1. The molecule has 4 rings (SSSR count). The van der Waals surface area contributed by atoms with Gasteiger partial charge in [-0.2, -0.15) is 5.10 Å². The van der Waals surface area contributed by atoms with Crippen LogP contribution in [0.1, 0.15) is 23.7 Å². The van der Waals surface area contributed by atoms with Gasteiger partial charge in [0, 0.05) is 28.7 Å². The van der Waals surface area contributed by atoms with Gasteiger partial charge in [0.1, 0.15) is 0 Å².